The van der Waals surface area contributed by atoms with Crippen molar-refractivity contribution in [3.63, 3.8) is 0 Å². The third-order valence-electron chi connectivity index (χ3n) is 5.48. The first kappa shape index (κ1) is 21.1. The van der Waals surface area contributed by atoms with Crippen molar-refractivity contribution in [1.82, 2.24) is 29.5 Å². The molecule has 31 heavy (non-hydrogen) atoms. The van der Waals surface area contributed by atoms with Crippen LogP contribution in [0.3, 0.4) is 0 Å². The van der Waals surface area contributed by atoms with Gasteiger partial charge < -0.3 is 5.32 Å². The molecule has 3 aromatic rings. The first-order valence-corrected chi connectivity index (χ1v) is 10.7. The Morgan fingerprint density at radius 1 is 1.10 bits per heavy atom. The first-order valence-electron chi connectivity index (χ1n) is 10.7. The van der Waals surface area contributed by atoms with E-state index in [-0.39, 0.29) is 5.91 Å². The molecule has 0 saturated carbocycles. The van der Waals surface area contributed by atoms with Crippen LogP contribution in [-0.2, 0) is 24.8 Å². The number of carbonyl (C=O) groups is 1. The van der Waals surface area contributed by atoms with E-state index in [2.05, 4.69) is 54.4 Å². The topological polar surface area (TPSA) is 79.2 Å². The van der Waals surface area contributed by atoms with Crippen molar-refractivity contribution in [3.8, 4) is 0 Å². The Bertz CT molecular complexity index is 960. The molecule has 1 aromatic carbocycles. The van der Waals surface area contributed by atoms with Crippen LogP contribution < -0.4 is 5.32 Å². The van der Waals surface area contributed by atoms with E-state index in [4.69, 9.17) is 0 Å². The number of hydrogen-bond donors (Lipinski definition) is 1. The van der Waals surface area contributed by atoms with Crippen molar-refractivity contribution in [3.05, 3.63) is 72.4 Å². The Morgan fingerprint density at radius 3 is 2.65 bits per heavy atom. The average Bonchev–Trinajstić information content (AvgIpc) is 3.08. The zero-order valence-corrected chi connectivity index (χ0v) is 17.9. The molecule has 0 unspecified atom stereocenters. The van der Waals surface area contributed by atoms with Crippen LogP contribution in [0.4, 0.5) is 5.82 Å². The van der Waals surface area contributed by atoms with E-state index >= 15 is 0 Å². The van der Waals surface area contributed by atoms with Crippen molar-refractivity contribution < 1.29 is 4.79 Å². The Balaban J connectivity index is 1.41. The van der Waals surface area contributed by atoms with E-state index in [0.717, 1.165) is 44.8 Å². The summed E-state index contributed by atoms with van der Waals surface area (Å²) >= 11 is 0. The minimum absolute atomic E-state index is 0.0338. The molecule has 2 aromatic heterocycles. The van der Waals surface area contributed by atoms with Crippen molar-refractivity contribution in [2.75, 3.05) is 38.0 Å². The van der Waals surface area contributed by atoms with Gasteiger partial charge in [-0.15, -0.1) is 0 Å². The highest BCUT2D eigenvalue weighted by molar-refractivity contribution is 5.91. The Kier molecular flexibility index (Phi) is 7.01. The lowest BCUT2D eigenvalue weighted by Gasteiger charge is -2.24. The summed E-state index contributed by atoms with van der Waals surface area (Å²) < 4.78 is 1.68. The summed E-state index contributed by atoms with van der Waals surface area (Å²) in [6.45, 7) is 4.84. The fraction of sp³-hybridized carbons (Fsp3) is 0.391. The number of nitrogens with one attached hydrogen (secondary N) is 1. The molecular formula is C23H29N7O. The minimum atomic E-state index is -0.0338. The van der Waals surface area contributed by atoms with E-state index in [1.165, 1.54) is 5.56 Å². The molecule has 162 valence electrons. The van der Waals surface area contributed by atoms with Gasteiger partial charge in [-0.3, -0.25) is 29.2 Å². The van der Waals surface area contributed by atoms with Gasteiger partial charge in [-0.1, -0.05) is 30.3 Å². The van der Waals surface area contributed by atoms with Gasteiger partial charge in [-0.05, 0) is 17.9 Å². The molecule has 3 heterocycles. The Hall–Kier alpha value is -3.10. The third-order valence-corrected chi connectivity index (χ3v) is 5.48. The molecule has 8 heteroatoms. The van der Waals surface area contributed by atoms with Crippen LogP contribution in [0.2, 0.25) is 0 Å². The summed E-state index contributed by atoms with van der Waals surface area (Å²) in [6, 6.07) is 12.3. The molecule has 1 saturated heterocycles. The van der Waals surface area contributed by atoms with Gasteiger partial charge in [0.05, 0.1) is 12.2 Å². The maximum Gasteiger partial charge on any atom is 0.239 e. The Morgan fingerprint density at radius 2 is 1.90 bits per heavy atom. The first-order chi connectivity index (χ1) is 15.1. The molecule has 1 aliphatic rings. The largest absolute Gasteiger partial charge is 0.308 e. The molecule has 1 amide bonds. The van der Waals surface area contributed by atoms with Crippen LogP contribution in [0.15, 0.2) is 61.2 Å². The standard InChI is InChI=1S/C23H29N7O/c1-28-10-7-22(27-28)26-23(31)18-30-12-11-29(15-19-5-3-2-4-6-19)16-20(17-30)13-21-14-24-8-9-25-21/h2-10,14,20H,11-13,15-18H2,1H3,(H,26,27,31)/t20-/m0/s1. The maximum atomic E-state index is 12.6. The molecule has 4 rings (SSSR count). The lowest BCUT2D eigenvalue weighted by molar-refractivity contribution is -0.117. The van der Waals surface area contributed by atoms with Crippen LogP contribution in [-0.4, -0.2) is 68.2 Å². The molecule has 0 radical (unpaired) electrons. The van der Waals surface area contributed by atoms with Gasteiger partial charge in [-0.25, -0.2) is 0 Å². The number of anilines is 1. The fourth-order valence-corrected chi connectivity index (χ4v) is 4.11. The summed E-state index contributed by atoms with van der Waals surface area (Å²) in [6.07, 6.45) is 7.94. The fourth-order valence-electron chi connectivity index (χ4n) is 4.11. The minimum Gasteiger partial charge on any atom is -0.308 e. The van der Waals surface area contributed by atoms with E-state index in [1.807, 2.05) is 25.5 Å². The number of hydrogen-bond acceptors (Lipinski definition) is 6. The number of amides is 1. The average molecular weight is 420 g/mol. The molecule has 0 spiro atoms. The summed E-state index contributed by atoms with van der Waals surface area (Å²) in [5.41, 5.74) is 2.30. The van der Waals surface area contributed by atoms with Gasteiger partial charge in [0.25, 0.3) is 0 Å². The van der Waals surface area contributed by atoms with E-state index in [1.54, 1.807) is 23.1 Å². The molecule has 0 aliphatic carbocycles. The SMILES string of the molecule is Cn1ccc(NC(=O)CN2CCN(Cc3ccccc3)C[C@H](Cc3cnccn3)C2)n1. The number of aryl methyl sites for hydroxylation is 1. The number of rotatable bonds is 7. The molecule has 0 bridgehead atoms. The van der Waals surface area contributed by atoms with Crippen LogP contribution in [0, 0.1) is 5.92 Å². The number of carbonyl (C=O) groups excluding carboxylic acids is 1. The maximum absolute atomic E-state index is 12.6. The van der Waals surface area contributed by atoms with Gasteiger partial charge in [0.1, 0.15) is 0 Å². The zero-order chi connectivity index (χ0) is 21.5. The van der Waals surface area contributed by atoms with Crippen molar-refractivity contribution in [1.29, 1.82) is 0 Å². The highest BCUT2D eigenvalue weighted by Crippen LogP contribution is 2.16. The second kappa shape index (κ2) is 10.3. The predicted molar refractivity (Wildman–Crippen MR) is 119 cm³/mol. The molecular weight excluding hydrogens is 390 g/mol. The van der Waals surface area contributed by atoms with E-state index in [9.17, 15) is 4.79 Å². The van der Waals surface area contributed by atoms with Crippen molar-refractivity contribution >= 4 is 11.7 Å². The van der Waals surface area contributed by atoms with Crippen LogP contribution in [0.5, 0.6) is 0 Å². The van der Waals surface area contributed by atoms with Crippen LogP contribution in [0.1, 0.15) is 11.3 Å². The van der Waals surface area contributed by atoms with E-state index in [0.29, 0.717) is 18.3 Å². The van der Waals surface area contributed by atoms with E-state index < -0.39 is 0 Å². The second-order valence-electron chi connectivity index (χ2n) is 8.15. The highest BCUT2D eigenvalue weighted by Gasteiger charge is 2.25. The number of aromatic nitrogens is 4. The zero-order valence-electron chi connectivity index (χ0n) is 17.9. The Labute approximate surface area is 182 Å². The second-order valence-corrected chi connectivity index (χ2v) is 8.15. The summed E-state index contributed by atoms with van der Waals surface area (Å²) in [5.74, 6) is 0.920. The van der Waals surface area contributed by atoms with Gasteiger partial charge in [0, 0.05) is 70.6 Å². The summed E-state index contributed by atoms with van der Waals surface area (Å²) in [7, 11) is 1.84. The van der Waals surface area contributed by atoms with Gasteiger partial charge in [0.15, 0.2) is 5.82 Å². The van der Waals surface area contributed by atoms with Gasteiger partial charge in [-0.2, -0.15) is 5.10 Å². The smallest absolute Gasteiger partial charge is 0.239 e. The monoisotopic (exact) mass is 419 g/mol. The quantitative estimate of drug-likeness (QED) is 0.629. The lowest BCUT2D eigenvalue weighted by atomic mass is 10.0. The lowest BCUT2D eigenvalue weighted by Crippen LogP contribution is -2.37. The normalized spacial score (nSPS) is 17.9. The van der Waals surface area contributed by atoms with Gasteiger partial charge in [0.2, 0.25) is 5.91 Å². The number of nitrogens with zero attached hydrogens (tertiary/aromatic N) is 6. The van der Waals surface area contributed by atoms with Crippen molar-refractivity contribution in [2.45, 2.75) is 13.0 Å². The third kappa shape index (κ3) is 6.44. The van der Waals surface area contributed by atoms with Crippen LogP contribution >= 0.6 is 0 Å². The van der Waals surface area contributed by atoms with Gasteiger partial charge >= 0.3 is 0 Å². The highest BCUT2D eigenvalue weighted by atomic mass is 16.2. The molecule has 1 aliphatic heterocycles. The molecule has 1 atom stereocenters. The van der Waals surface area contributed by atoms with Crippen LogP contribution in [0.25, 0.3) is 0 Å². The predicted octanol–water partition coefficient (Wildman–Crippen LogP) is 1.83. The summed E-state index contributed by atoms with van der Waals surface area (Å²) in [5, 5.41) is 7.13. The summed E-state index contributed by atoms with van der Waals surface area (Å²) in [4.78, 5) is 26.0. The van der Waals surface area contributed by atoms with Crippen molar-refractivity contribution in [2.24, 2.45) is 13.0 Å². The molecule has 1 fully saturated rings. The molecule has 8 nitrogen and oxygen atoms in total. The number of benzene rings is 1. The molecule has 1 N–H and O–H groups in total.